The van der Waals surface area contributed by atoms with Crippen molar-refractivity contribution in [3.05, 3.63) is 34.2 Å². The summed E-state index contributed by atoms with van der Waals surface area (Å²) < 4.78 is 16.7. The molecule has 2 N–H and O–H groups in total. The third kappa shape index (κ3) is 5.81. The van der Waals surface area contributed by atoms with E-state index in [1.165, 1.54) is 18.4 Å². The number of aliphatic hydroxyl groups excluding tert-OH is 1. The van der Waals surface area contributed by atoms with Crippen molar-refractivity contribution in [2.75, 3.05) is 33.0 Å². The summed E-state index contributed by atoms with van der Waals surface area (Å²) in [5, 5.41) is 15.8. The molecule has 2 atom stereocenters. The third-order valence-corrected chi connectivity index (χ3v) is 4.97. The molecule has 1 aliphatic carbocycles. The van der Waals surface area contributed by atoms with Gasteiger partial charge in [-0.15, -0.1) is 0 Å². The van der Waals surface area contributed by atoms with Gasteiger partial charge in [-0.25, -0.2) is 0 Å². The maximum absolute atomic E-state index is 12.4. The van der Waals surface area contributed by atoms with Gasteiger partial charge in [0.1, 0.15) is 0 Å². The Bertz CT molecular complexity index is 570. The molecular weight excluding hydrogens is 342 g/mol. The molecule has 0 saturated heterocycles. The zero-order valence-electron chi connectivity index (χ0n) is 14.2. The van der Waals surface area contributed by atoms with Crippen LogP contribution < -0.4 is 5.32 Å². The van der Waals surface area contributed by atoms with Gasteiger partial charge < -0.3 is 24.6 Å². The number of allylic oxidation sites excluding steroid dienone is 1. The molecule has 0 bridgehead atoms. The first kappa shape index (κ1) is 18.4. The van der Waals surface area contributed by atoms with E-state index in [2.05, 4.69) is 16.8 Å². The van der Waals surface area contributed by atoms with Gasteiger partial charge in [0.05, 0.1) is 26.4 Å². The Labute approximate surface area is 151 Å². The van der Waals surface area contributed by atoms with Crippen LogP contribution in [0, 0.1) is 5.92 Å². The van der Waals surface area contributed by atoms with Gasteiger partial charge >= 0.3 is 0 Å². The molecule has 138 valence electrons. The summed E-state index contributed by atoms with van der Waals surface area (Å²) in [4.78, 5) is 12.4. The van der Waals surface area contributed by atoms with Crippen molar-refractivity contribution in [1.29, 1.82) is 0 Å². The Morgan fingerprint density at radius 1 is 1.36 bits per heavy atom. The van der Waals surface area contributed by atoms with Crippen LogP contribution in [-0.4, -0.2) is 50.3 Å². The lowest BCUT2D eigenvalue weighted by atomic mass is 9.95. The molecule has 1 aromatic rings. The van der Waals surface area contributed by atoms with E-state index >= 15 is 0 Å². The molecule has 1 aromatic heterocycles. The monoisotopic (exact) mass is 367 g/mol. The van der Waals surface area contributed by atoms with Crippen LogP contribution in [0.3, 0.4) is 0 Å². The number of rotatable bonds is 10. The molecule has 6 nitrogen and oxygen atoms in total. The molecule has 1 amide bonds. The second kappa shape index (κ2) is 9.33. The molecular formula is C18H25NO5S. The quantitative estimate of drug-likeness (QED) is 0.619. The molecule has 2 aliphatic rings. The largest absolute Gasteiger partial charge is 0.459 e. The first-order valence-corrected chi connectivity index (χ1v) is 9.69. The number of carbonyl (C=O) groups is 1. The first-order chi connectivity index (χ1) is 12.3. The van der Waals surface area contributed by atoms with Crippen molar-refractivity contribution < 1.29 is 24.1 Å². The molecule has 25 heavy (non-hydrogen) atoms. The minimum Gasteiger partial charge on any atom is -0.459 e. The molecule has 7 heteroatoms. The zero-order valence-corrected chi connectivity index (χ0v) is 15.0. The van der Waals surface area contributed by atoms with Crippen molar-refractivity contribution in [2.24, 2.45) is 5.92 Å². The highest BCUT2D eigenvalue weighted by Crippen LogP contribution is 2.33. The van der Waals surface area contributed by atoms with Crippen LogP contribution in [0.5, 0.6) is 0 Å². The Morgan fingerprint density at radius 3 is 2.96 bits per heavy atom. The lowest BCUT2D eigenvalue weighted by Crippen LogP contribution is -2.34. The van der Waals surface area contributed by atoms with E-state index in [4.69, 9.17) is 19.3 Å². The van der Waals surface area contributed by atoms with Crippen LogP contribution in [0.2, 0.25) is 0 Å². The maximum atomic E-state index is 12.4. The number of nitrogens with one attached hydrogen (secondary N) is 1. The topological polar surface area (TPSA) is 77.0 Å². The van der Waals surface area contributed by atoms with Gasteiger partial charge in [0, 0.05) is 18.9 Å². The van der Waals surface area contributed by atoms with Crippen molar-refractivity contribution in [3.8, 4) is 0 Å². The zero-order chi connectivity index (χ0) is 17.5. The number of amides is 1. The number of hydrogen-bond donors (Lipinski definition) is 2. The SMILES string of the molecule is O=C(NCC1CC1)C1=C[C@@H](c2ccsc2)C[C@@H](OCCOCCO)O1. The number of hydrogen-bond acceptors (Lipinski definition) is 6. The van der Waals surface area contributed by atoms with Gasteiger partial charge in [-0.05, 0) is 47.2 Å². The molecule has 0 unspecified atom stereocenters. The van der Waals surface area contributed by atoms with Gasteiger partial charge in [-0.1, -0.05) is 0 Å². The molecule has 1 aliphatic heterocycles. The van der Waals surface area contributed by atoms with E-state index in [0.29, 0.717) is 44.5 Å². The lowest BCUT2D eigenvalue weighted by molar-refractivity contribution is -0.151. The van der Waals surface area contributed by atoms with Crippen molar-refractivity contribution in [3.63, 3.8) is 0 Å². The average Bonchev–Trinajstić information content (AvgIpc) is 3.30. The average molecular weight is 367 g/mol. The molecule has 3 rings (SSSR count). The lowest BCUT2D eigenvalue weighted by Gasteiger charge is -2.29. The Kier molecular flexibility index (Phi) is 6.86. The number of ether oxygens (including phenoxy) is 3. The predicted molar refractivity (Wildman–Crippen MR) is 94.2 cm³/mol. The van der Waals surface area contributed by atoms with E-state index < -0.39 is 6.29 Å². The smallest absolute Gasteiger partial charge is 0.286 e. The Balaban J connectivity index is 1.57. The number of aliphatic hydroxyl groups is 1. The van der Waals surface area contributed by atoms with Crippen LogP contribution in [0.1, 0.15) is 30.7 Å². The highest BCUT2D eigenvalue weighted by atomic mass is 32.1. The second-order valence-electron chi connectivity index (χ2n) is 6.34. The van der Waals surface area contributed by atoms with E-state index in [-0.39, 0.29) is 18.4 Å². The Morgan fingerprint density at radius 2 is 2.24 bits per heavy atom. The molecule has 0 aromatic carbocycles. The standard InChI is InChI=1S/C18H25NO5S/c20-4-5-22-6-7-23-17-10-15(14-3-8-25-12-14)9-16(24-17)18(21)19-11-13-1-2-13/h3,8-9,12-13,15,17,20H,1-2,4-7,10-11H2,(H,19,21)/t15-,17+/m1/s1. The third-order valence-electron chi connectivity index (χ3n) is 4.27. The maximum Gasteiger partial charge on any atom is 0.286 e. The fourth-order valence-corrected chi connectivity index (χ4v) is 3.41. The fourth-order valence-electron chi connectivity index (χ4n) is 2.69. The van der Waals surface area contributed by atoms with Gasteiger partial charge in [0.2, 0.25) is 6.29 Å². The minimum absolute atomic E-state index is 0.00574. The van der Waals surface area contributed by atoms with Crippen molar-refractivity contribution in [2.45, 2.75) is 31.5 Å². The van der Waals surface area contributed by atoms with Gasteiger partial charge in [-0.2, -0.15) is 11.3 Å². The fraction of sp³-hybridized carbons (Fsp3) is 0.611. The van der Waals surface area contributed by atoms with E-state index in [9.17, 15) is 4.79 Å². The second-order valence-corrected chi connectivity index (χ2v) is 7.12. The van der Waals surface area contributed by atoms with Crippen LogP contribution in [0.4, 0.5) is 0 Å². The summed E-state index contributed by atoms with van der Waals surface area (Å²) in [6.07, 6.45) is 4.46. The highest BCUT2D eigenvalue weighted by Gasteiger charge is 2.30. The first-order valence-electron chi connectivity index (χ1n) is 8.75. The van der Waals surface area contributed by atoms with Crippen LogP contribution in [0.25, 0.3) is 0 Å². The Hall–Kier alpha value is -1.41. The van der Waals surface area contributed by atoms with Crippen LogP contribution in [-0.2, 0) is 19.0 Å². The summed E-state index contributed by atoms with van der Waals surface area (Å²) >= 11 is 1.64. The van der Waals surface area contributed by atoms with Crippen LogP contribution in [0.15, 0.2) is 28.7 Å². The highest BCUT2D eigenvalue weighted by molar-refractivity contribution is 7.08. The summed E-state index contributed by atoms with van der Waals surface area (Å²) in [7, 11) is 0. The van der Waals surface area contributed by atoms with Gasteiger partial charge in [0.15, 0.2) is 5.76 Å². The van der Waals surface area contributed by atoms with E-state index in [1.807, 2.05) is 11.5 Å². The molecule has 1 saturated carbocycles. The predicted octanol–water partition coefficient (Wildman–Crippen LogP) is 2.01. The van der Waals surface area contributed by atoms with Gasteiger partial charge in [-0.3, -0.25) is 4.79 Å². The van der Waals surface area contributed by atoms with E-state index in [1.54, 1.807) is 11.3 Å². The van der Waals surface area contributed by atoms with Crippen LogP contribution >= 0.6 is 11.3 Å². The normalized spacial score (nSPS) is 23.0. The number of thiophene rings is 1. The van der Waals surface area contributed by atoms with Crippen molar-refractivity contribution in [1.82, 2.24) is 5.32 Å². The number of carbonyl (C=O) groups excluding carboxylic acids is 1. The minimum atomic E-state index is -0.477. The summed E-state index contributed by atoms with van der Waals surface area (Å²) in [6, 6.07) is 2.07. The summed E-state index contributed by atoms with van der Waals surface area (Å²) in [6.45, 7) is 1.74. The summed E-state index contributed by atoms with van der Waals surface area (Å²) in [5.74, 6) is 0.892. The van der Waals surface area contributed by atoms with E-state index in [0.717, 1.165) is 0 Å². The summed E-state index contributed by atoms with van der Waals surface area (Å²) in [5.41, 5.74) is 1.17. The van der Waals surface area contributed by atoms with Gasteiger partial charge in [0.25, 0.3) is 5.91 Å². The molecule has 1 fully saturated rings. The molecule has 2 heterocycles. The van der Waals surface area contributed by atoms with Crippen molar-refractivity contribution >= 4 is 17.2 Å². The molecule has 0 radical (unpaired) electrons. The molecule has 0 spiro atoms.